The molecule has 7 heteroatoms. The van der Waals surface area contributed by atoms with Crippen molar-refractivity contribution in [3.05, 3.63) is 53.9 Å². The Morgan fingerprint density at radius 2 is 1.96 bits per heavy atom. The summed E-state index contributed by atoms with van der Waals surface area (Å²) in [4.78, 5) is 12.0. The lowest BCUT2D eigenvalue weighted by atomic mass is 10.1. The summed E-state index contributed by atoms with van der Waals surface area (Å²) in [5.41, 5.74) is 1.84. The number of nitrogens with zero attached hydrogens (tertiary/aromatic N) is 4. The molecule has 1 N–H and O–H groups in total. The van der Waals surface area contributed by atoms with Crippen LogP contribution in [0.25, 0.3) is 5.65 Å². The third-order valence-electron chi connectivity index (χ3n) is 3.67. The van der Waals surface area contributed by atoms with Crippen molar-refractivity contribution in [3.8, 4) is 5.88 Å². The van der Waals surface area contributed by atoms with Crippen LogP contribution in [0.15, 0.2) is 42.5 Å². The van der Waals surface area contributed by atoms with E-state index in [1.165, 1.54) is 5.56 Å². The van der Waals surface area contributed by atoms with Crippen molar-refractivity contribution >= 4 is 11.6 Å². The molecule has 0 fully saturated rings. The van der Waals surface area contributed by atoms with Gasteiger partial charge in [0.05, 0.1) is 7.11 Å². The smallest absolute Gasteiger partial charge is 0.231 e. The molecule has 3 rings (SSSR count). The van der Waals surface area contributed by atoms with Crippen molar-refractivity contribution in [2.45, 2.75) is 19.3 Å². The van der Waals surface area contributed by atoms with E-state index >= 15 is 0 Å². The number of aryl methyl sites for hydroxylation is 1. The number of hydrogen-bond donors (Lipinski definition) is 1. The molecule has 0 saturated heterocycles. The van der Waals surface area contributed by atoms with Gasteiger partial charge in [0.2, 0.25) is 11.8 Å². The van der Waals surface area contributed by atoms with Gasteiger partial charge in [0, 0.05) is 25.5 Å². The highest BCUT2D eigenvalue weighted by Crippen LogP contribution is 2.09. The van der Waals surface area contributed by atoms with Gasteiger partial charge in [-0.15, -0.1) is 15.3 Å². The Labute approximate surface area is 139 Å². The second-order valence-corrected chi connectivity index (χ2v) is 5.35. The molecule has 0 bridgehead atoms. The number of carbonyl (C=O) groups is 1. The van der Waals surface area contributed by atoms with Gasteiger partial charge in [0.25, 0.3) is 0 Å². The second kappa shape index (κ2) is 7.54. The molecular formula is C17H19N5O2. The van der Waals surface area contributed by atoms with Crippen LogP contribution in [-0.4, -0.2) is 39.4 Å². The van der Waals surface area contributed by atoms with E-state index in [9.17, 15) is 4.79 Å². The number of benzene rings is 1. The molecule has 0 spiro atoms. The van der Waals surface area contributed by atoms with E-state index in [0.29, 0.717) is 36.7 Å². The first kappa shape index (κ1) is 15.9. The molecule has 124 valence electrons. The highest BCUT2D eigenvalue weighted by molar-refractivity contribution is 5.76. The minimum atomic E-state index is -0.00872. The molecule has 0 aliphatic rings. The summed E-state index contributed by atoms with van der Waals surface area (Å²) in [6.07, 6.45) is 1.63. The first-order chi connectivity index (χ1) is 11.8. The molecule has 1 amide bonds. The van der Waals surface area contributed by atoms with E-state index in [0.717, 1.165) is 6.42 Å². The SMILES string of the molecule is COc1ccc2nnc(CCC(=O)NCCc3ccccc3)n2n1. The Balaban J connectivity index is 1.51. The number of methoxy groups -OCH3 is 1. The number of nitrogens with one attached hydrogen (secondary N) is 1. The predicted octanol–water partition coefficient (Wildman–Crippen LogP) is 1.42. The van der Waals surface area contributed by atoms with Gasteiger partial charge >= 0.3 is 0 Å². The highest BCUT2D eigenvalue weighted by atomic mass is 16.5. The van der Waals surface area contributed by atoms with Gasteiger partial charge < -0.3 is 10.1 Å². The van der Waals surface area contributed by atoms with Gasteiger partial charge in [-0.1, -0.05) is 30.3 Å². The van der Waals surface area contributed by atoms with E-state index in [1.54, 1.807) is 23.8 Å². The van der Waals surface area contributed by atoms with Gasteiger partial charge in [-0.3, -0.25) is 4.79 Å². The summed E-state index contributed by atoms with van der Waals surface area (Å²) in [5, 5.41) is 15.3. The monoisotopic (exact) mass is 325 g/mol. The molecule has 0 aliphatic heterocycles. The minimum Gasteiger partial charge on any atom is -0.480 e. The quantitative estimate of drug-likeness (QED) is 0.710. The second-order valence-electron chi connectivity index (χ2n) is 5.35. The van der Waals surface area contributed by atoms with Crippen molar-refractivity contribution in [3.63, 3.8) is 0 Å². The first-order valence-electron chi connectivity index (χ1n) is 7.82. The largest absolute Gasteiger partial charge is 0.480 e. The number of amides is 1. The normalized spacial score (nSPS) is 10.7. The summed E-state index contributed by atoms with van der Waals surface area (Å²) in [6, 6.07) is 13.6. The molecule has 0 unspecified atom stereocenters. The van der Waals surface area contributed by atoms with Crippen LogP contribution < -0.4 is 10.1 Å². The fourth-order valence-corrected chi connectivity index (χ4v) is 2.39. The number of hydrogen-bond acceptors (Lipinski definition) is 5. The van der Waals surface area contributed by atoms with Crippen molar-refractivity contribution < 1.29 is 9.53 Å². The molecule has 3 aromatic rings. The Morgan fingerprint density at radius 1 is 1.12 bits per heavy atom. The van der Waals surface area contributed by atoms with E-state index in [1.807, 2.05) is 30.3 Å². The molecule has 0 saturated carbocycles. The lowest BCUT2D eigenvalue weighted by Gasteiger charge is -2.05. The van der Waals surface area contributed by atoms with Crippen LogP contribution in [0.5, 0.6) is 5.88 Å². The van der Waals surface area contributed by atoms with E-state index in [2.05, 4.69) is 20.6 Å². The predicted molar refractivity (Wildman–Crippen MR) is 88.8 cm³/mol. The first-order valence-corrected chi connectivity index (χ1v) is 7.82. The van der Waals surface area contributed by atoms with Crippen LogP contribution in [0.1, 0.15) is 17.8 Å². The molecule has 2 aromatic heterocycles. The maximum atomic E-state index is 12.0. The number of rotatable bonds is 7. The Hall–Kier alpha value is -2.96. The Morgan fingerprint density at radius 3 is 2.75 bits per heavy atom. The molecule has 7 nitrogen and oxygen atoms in total. The van der Waals surface area contributed by atoms with Crippen molar-refractivity contribution in [1.29, 1.82) is 0 Å². The number of fused-ring (bicyclic) bond motifs is 1. The van der Waals surface area contributed by atoms with Gasteiger partial charge in [-0.05, 0) is 18.1 Å². The summed E-state index contributed by atoms with van der Waals surface area (Å²) >= 11 is 0. The maximum absolute atomic E-state index is 12.0. The highest BCUT2D eigenvalue weighted by Gasteiger charge is 2.10. The average molecular weight is 325 g/mol. The zero-order valence-corrected chi connectivity index (χ0v) is 13.5. The number of ether oxygens (including phenoxy) is 1. The van der Waals surface area contributed by atoms with Crippen LogP contribution in [-0.2, 0) is 17.6 Å². The average Bonchev–Trinajstić information content (AvgIpc) is 3.03. The molecule has 1 aromatic carbocycles. The van der Waals surface area contributed by atoms with Crippen LogP contribution in [0, 0.1) is 0 Å². The van der Waals surface area contributed by atoms with E-state index in [4.69, 9.17) is 4.74 Å². The van der Waals surface area contributed by atoms with Crippen LogP contribution >= 0.6 is 0 Å². The zero-order valence-electron chi connectivity index (χ0n) is 13.5. The Bertz CT molecular complexity index is 816. The van der Waals surface area contributed by atoms with Crippen LogP contribution in [0.3, 0.4) is 0 Å². The van der Waals surface area contributed by atoms with Crippen molar-refractivity contribution in [2.24, 2.45) is 0 Å². The molecule has 0 radical (unpaired) electrons. The van der Waals surface area contributed by atoms with Gasteiger partial charge in [-0.2, -0.15) is 4.52 Å². The van der Waals surface area contributed by atoms with E-state index in [-0.39, 0.29) is 5.91 Å². The molecule has 0 atom stereocenters. The van der Waals surface area contributed by atoms with Gasteiger partial charge in [0.1, 0.15) is 0 Å². The number of aromatic nitrogens is 4. The molecule has 2 heterocycles. The van der Waals surface area contributed by atoms with Crippen LogP contribution in [0.2, 0.25) is 0 Å². The summed E-state index contributed by atoms with van der Waals surface area (Å²) < 4.78 is 6.71. The molecule has 0 aliphatic carbocycles. The summed E-state index contributed by atoms with van der Waals surface area (Å²) in [6.45, 7) is 0.621. The van der Waals surface area contributed by atoms with Gasteiger partial charge in [0.15, 0.2) is 11.5 Å². The summed E-state index contributed by atoms with van der Waals surface area (Å²) in [5.74, 6) is 1.11. The van der Waals surface area contributed by atoms with Crippen molar-refractivity contribution in [1.82, 2.24) is 25.1 Å². The molecular weight excluding hydrogens is 306 g/mol. The third-order valence-corrected chi connectivity index (χ3v) is 3.67. The van der Waals surface area contributed by atoms with Gasteiger partial charge in [-0.25, -0.2) is 0 Å². The standard InChI is InChI=1S/C17H19N5O2/c1-24-17-10-8-15-20-19-14(22(15)21-17)7-9-16(23)18-12-11-13-5-3-2-4-6-13/h2-6,8,10H,7,9,11-12H2,1H3,(H,18,23). The lowest BCUT2D eigenvalue weighted by molar-refractivity contribution is -0.121. The summed E-state index contributed by atoms with van der Waals surface area (Å²) in [7, 11) is 1.55. The maximum Gasteiger partial charge on any atom is 0.231 e. The third kappa shape index (κ3) is 3.87. The number of carbonyl (C=O) groups excluding carboxylic acids is 1. The topological polar surface area (TPSA) is 81.4 Å². The fraction of sp³-hybridized carbons (Fsp3) is 0.294. The minimum absolute atomic E-state index is 0.00872. The van der Waals surface area contributed by atoms with Crippen LogP contribution in [0.4, 0.5) is 0 Å². The zero-order chi connectivity index (χ0) is 16.8. The molecule has 24 heavy (non-hydrogen) atoms. The van der Waals surface area contributed by atoms with E-state index < -0.39 is 0 Å². The lowest BCUT2D eigenvalue weighted by Crippen LogP contribution is -2.26. The van der Waals surface area contributed by atoms with Crippen molar-refractivity contribution in [2.75, 3.05) is 13.7 Å². The Kier molecular flexibility index (Phi) is 5.00. The fourth-order valence-electron chi connectivity index (χ4n) is 2.39.